The third-order valence-electron chi connectivity index (χ3n) is 9.64. The molecule has 1 amide bonds. The molecule has 0 aliphatic rings. The van der Waals surface area contributed by atoms with Crippen LogP contribution in [-0.4, -0.2) is 43.5 Å². The fourth-order valence-corrected chi connectivity index (χ4v) is 8.82. The Bertz CT molecular complexity index is 3320. The molecule has 64 heavy (non-hydrogen) atoms. The lowest BCUT2D eigenvalue weighted by Gasteiger charge is -2.11. The molecule has 0 saturated heterocycles. The molecule has 9 aromatic rings. The van der Waals surface area contributed by atoms with Crippen LogP contribution in [0.25, 0.3) is 32.3 Å². The molecule has 3 aromatic heterocycles. The Labute approximate surface area is 370 Å². The third kappa shape index (κ3) is 10.9. The molecule has 6 aromatic carbocycles. The number of aromatic nitrogens is 3. The minimum Gasteiger partial charge on any atom is -0.383 e. The topological polar surface area (TPSA) is 203 Å². The van der Waals surface area contributed by atoms with E-state index in [-0.39, 0.29) is 27.9 Å². The molecule has 0 unspecified atom stereocenters. The molecule has 0 aliphatic carbocycles. The van der Waals surface area contributed by atoms with Gasteiger partial charge in [0.05, 0.1) is 21.2 Å². The van der Waals surface area contributed by atoms with Crippen LogP contribution in [0.4, 0.5) is 22.9 Å². The molecule has 0 saturated carbocycles. The zero-order chi connectivity index (χ0) is 45.1. The zero-order valence-corrected chi connectivity index (χ0v) is 35.9. The van der Waals surface area contributed by atoms with Crippen molar-refractivity contribution in [2.45, 2.75) is 23.1 Å². The first-order valence-corrected chi connectivity index (χ1v) is 22.7. The fourth-order valence-electron chi connectivity index (χ4n) is 6.62. The van der Waals surface area contributed by atoms with Crippen molar-refractivity contribution >= 4 is 86.9 Å². The predicted octanol–water partition coefficient (Wildman–Crippen LogP) is 9.27. The quantitative estimate of drug-likeness (QED) is 0.102. The number of ketones is 1. The molecular weight excluding hydrogens is 847 g/mol. The maximum absolute atomic E-state index is 12.5. The van der Waals surface area contributed by atoms with Gasteiger partial charge < -0.3 is 11.1 Å². The molecule has 320 valence electrons. The van der Waals surface area contributed by atoms with Crippen LogP contribution in [0.3, 0.4) is 0 Å². The van der Waals surface area contributed by atoms with Crippen LogP contribution in [-0.2, 0) is 31.3 Å². The number of fused-ring (bicyclic) bond motifs is 3. The molecular formula is C49H41N7O6S2. The van der Waals surface area contributed by atoms with Crippen LogP contribution in [0.1, 0.15) is 23.0 Å². The Morgan fingerprint density at radius 1 is 0.547 bits per heavy atom. The highest BCUT2D eigenvalue weighted by Crippen LogP contribution is 2.29. The van der Waals surface area contributed by atoms with Gasteiger partial charge in [0.15, 0.2) is 0 Å². The average Bonchev–Trinajstić information content (AvgIpc) is 3.30. The van der Waals surface area contributed by atoms with E-state index in [4.69, 9.17) is 5.73 Å². The SMILES string of the molecule is CC(=O)Cc1cc2c(NS(=O)(=O)c3ccccc3)cccc2cn1.Nc1nccc2c(NS(=O)(=O)c3ccccc3)cccc12.O=C(Nc1ccccc1)c1cccc2cnccc12. The summed E-state index contributed by atoms with van der Waals surface area (Å²) < 4.78 is 55.0. The average molecular weight is 888 g/mol. The number of sulfonamides is 2. The number of pyridine rings is 3. The second kappa shape index (κ2) is 19.8. The van der Waals surface area contributed by atoms with E-state index in [2.05, 4.69) is 29.7 Å². The third-order valence-corrected chi connectivity index (χ3v) is 12.4. The van der Waals surface area contributed by atoms with Gasteiger partial charge in [0.2, 0.25) is 0 Å². The molecule has 0 aliphatic heterocycles. The Morgan fingerprint density at radius 3 is 1.72 bits per heavy atom. The monoisotopic (exact) mass is 887 g/mol. The second-order valence-corrected chi connectivity index (χ2v) is 17.6. The Balaban J connectivity index is 0.000000145. The zero-order valence-electron chi connectivity index (χ0n) is 34.3. The van der Waals surface area contributed by atoms with Crippen LogP contribution in [0, 0.1) is 0 Å². The van der Waals surface area contributed by atoms with Crippen LogP contribution >= 0.6 is 0 Å². The van der Waals surface area contributed by atoms with E-state index in [0.717, 1.165) is 21.8 Å². The lowest BCUT2D eigenvalue weighted by Crippen LogP contribution is -2.13. The highest BCUT2D eigenvalue weighted by molar-refractivity contribution is 7.93. The number of nitrogens with two attached hydrogens (primary N) is 1. The number of nitrogens with one attached hydrogen (secondary N) is 3. The number of hydrogen-bond donors (Lipinski definition) is 4. The van der Waals surface area contributed by atoms with Crippen LogP contribution in [0.15, 0.2) is 198 Å². The van der Waals surface area contributed by atoms with Crippen LogP contribution in [0.5, 0.6) is 0 Å². The van der Waals surface area contributed by atoms with E-state index < -0.39 is 20.0 Å². The van der Waals surface area contributed by atoms with Crippen molar-refractivity contribution in [3.63, 3.8) is 0 Å². The normalized spacial score (nSPS) is 11.1. The molecule has 0 bridgehead atoms. The minimum atomic E-state index is -3.68. The summed E-state index contributed by atoms with van der Waals surface area (Å²) >= 11 is 0. The van der Waals surface area contributed by atoms with Crippen molar-refractivity contribution in [3.8, 4) is 0 Å². The lowest BCUT2D eigenvalue weighted by molar-refractivity contribution is -0.116. The first-order chi connectivity index (χ1) is 30.9. The standard InChI is InChI=1S/C18H16N2O3S.C16H12N2O.C15H13N3O2S/c1-13(21)10-15-11-17-14(12-19-15)6-5-9-18(17)20-24(22,23)16-7-3-2-4-8-16;19-16(18-13-6-2-1-3-7-13)15-8-4-5-12-11-17-10-9-14(12)15;16-15-13-7-4-8-14(12(13)9-10-17-15)18-21(19,20)11-5-2-1-3-6-11/h2-9,11-12,20H,10H2,1H3;1-11H,(H,18,19);1-10,18H,(H2,16,17). The van der Waals surface area contributed by atoms with E-state index in [0.29, 0.717) is 44.6 Å². The second-order valence-electron chi connectivity index (χ2n) is 14.2. The van der Waals surface area contributed by atoms with E-state index in [1.165, 1.54) is 19.1 Å². The van der Waals surface area contributed by atoms with Gasteiger partial charge in [-0.1, -0.05) is 91.0 Å². The maximum atomic E-state index is 12.5. The number of hydrogen-bond acceptors (Lipinski definition) is 10. The predicted molar refractivity (Wildman–Crippen MR) is 253 cm³/mol. The molecule has 5 N–H and O–H groups in total. The number of nitrogens with zero attached hydrogens (tertiary/aromatic N) is 3. The molecule has 0 radical (unpaired) electrons. The van der Waals surface area contributed by atoms with E-state index in [9.17, 15) is 26.4 Å². The molecule has 9 rings (SSSR count). The summed E-state index contributed by atoms with van der Waals surface area (Å²) in [5, 5.41) is 7.70. The number of benzene rings is 6. The van der Waals surface area contributed by atoms with Gasteiger partial charge in [-0.05, 0) is 85.1 Å². The van der Waals surface area contributed by atoms with Crippen LogP contribution in [0.2, 0.25) is 0 Å². The van der Waals surface area contributed by atoms with E-state index >= 15 is 0 Å². The van der Waals surface area contributed by atoms with Gasteiger partial charge in [-0.2, -0.15) is 0 Å². The molecule has 0 fully saturated rings. The van der Waals surface area contributed by atoms with Crippen molar-refractivity contribution in [2.24, 2.45) is 0 Å². The highest BCUT2D eigenvalue weighted by Gasteiger charge is 2.17. The number of nitrogen functional groups attached to an aromatic ring is 1. The number of rotatable bonds is 10. The van der Waals surface area contributed by atoms with Crippen molar-refractivity contribution in [2.75, 3.05) is 20.5 Å². The number of carbonyl (C=O) groups is 2. The van der Waals surface area contributed by atoms with Gasteiger partial charge in [0.1, 0.15) is 11.6 Å². The maximum Gasteiger partial charge on any atom is 0.261 e. The van der Waals surface area contributed by atoms with Gasteiger partial charge in [0, 0.05) is 75.1 Å². The summed E-state index contributed by atoms with van der Waals surface area (Å²) in [6.45, 7) is 1.50. The molecule has 3 heterocycles. The van der Waals surface area contributed by atoms with Gasteiger partial charge in [-0.15, -0.1) is 0 Å². The van der Waals surface area contributed by atoms with Gasteiger partial charge in [-0.3, -0.25) is 29.0 Å². The summed E-state index contributed by atoms with van der Waals surface area (Å²) in [4.78, 5) is 36.3. The van der Waals surface area contributed by atoms with Crippen molar-refractivity contribution < 1.29 is 26.4 Å². The van der Waals surface area contributed by atoms with Crippen LogP contribution < -0.4 is 20.5 Å². The molecule has 0 atom stereocenters. The van der Waals surface area contributed by atoms with Gasteiger partial charge >= 0.3 is 0 Å². The molecule has 0 spiro atoms. The summed E-state index contributed by atoms with van der Waals surface area (Å²) in [5.74, 6) is 0.264. The van der Waals surface area contributed by atoms with Crippen molar-refractivity contribution in [1.29, 1.82) is 0 Å². The van der Waals surface area contributed by atoms with Gasteiger partial charge in [-0.25, -0.2) is 21.8 Å². The summed E-state index contributed by atoms with van der Waals surface area (Å²) in [5.41, 5.74) is 8.81. The number of anilines is 4. The summed E-state index contributed by atoms with van der Waals surface area (Å²) in [7, 11) is -7.31. The fraction of sp³-hybridized carbons (Fsp3) is 0.0408. The van der Waals surface area contributed by atoms with Crippen molar-refractivity contribution in [3.05, 3.63) is 200 Å². The first kappa shape index (κ1) is 44.1. The summed E-state index contributed by atoms with van der Waals surface area (Å²) in [6, 6.07) is 47.3. The molecule has 13 nitrogen and oxygen atoms in total. The highest BCUT2D eigenvalue weighted by atomic mass is 32.2. The first-order valence-electron chi connectivity index (χ1n) is 19.7. The van der Waals surface area contributed by atoms with Gasteiger partial charge in [0.25, 0.3) is 26.0 Å². The smallest absolute Gasteiger partial charge is 0.261 e. The minimum absolute atomic E-state index is 0.00389. The van der Waals surface area contributed by atoms with Crippen molar-refractivity contribution in [1.82, 2.24) is 15.0 Å². The Morgan fingerprint density at radius 2 is 1.09 bits per heavy atom. The number of amides is 1. The van der Waals surface area contributed by atoms with E-state index in [1.807, 2.05) is 60.7 Å². The number of carbonyl (C=O) groups excluding carboxylic acids is 2. The summed E-state index contributed by atoms with van der Waals surface area (Å²) in [6.07, 6.45) is 6.87. The Hall–Kier alpha value is -8.01. The largest absolute Gasteiger partial charge is 0.383 e. The number of Topliss-reactive ketones (excluding diaryl/α,β-unsaturated/α-hetero) is 1. The molecule has 15 heteroatoms. The number of para-hydroxylation sites is 1. The lowest BCUT2D eigenvalue weighted by atomic mass is 10.1. The van der Waals surface area contributed by atoms with E-state index in [1.54, 1.807) is 116 Å². The Kier molecular flexibility index (Phi) is 13.6.